The Morgan fingerprint density at radius 3 is 2.56 bits per heavy atom. The molecular weight excluding hydrogens is 438 g/mol. The number of carbonyl (C=O) groups is 1. The lowest BCUT2D eigenvalue weighted by atomic mass is 10.0. The number of carbonyl (C=O) groups excluding carboxylic acids is 1. The Morgan fingerprint density at radius 1 is 1.12 bits per heavy atom. The molecule has 4 aromatic heterocycles. The minimum Gasteiger partial charge on any atom is -0.375 e. The van der Waals surface area contributed by atoms with Crippen LogP contribution in [0.5, 0.6) is 0 Å². The van der Waals surface area contributed by atoms with Crippen LogP contribution in [-0.4, -0.2) is 67.1 Å². The Morgan fingerprint density at radius 2 is 1.85 bits per heavy atom. The summed E-state index contributed by atoms with van der Waals surface area (Å²) >= 11 is 0. The number of aromatic amines is 1. The first kappa shape index (κ1) is 21.8. The second kappa shape index (κ2) is 8.75. The van der Waals surface area contributed by atoms with Crippen molar-refractivity contribution in [3.8, 4) is 11.3 Å². The number of pyridine rings is 2. The van der Waals surface area contributed by atoms with Gasteiger partial charge in [0.25, 0.3) is 5.56 Å². The molecule has 0 unspecified atom stereocenters. The van der Waals surface area contributed by atoms with Gasteiger partial charge in [0.2, 0.25) is 5.91 Å². The normalized spacial score (nSPS) is 14.7. The first-order valence-electron chi connectivity index (χ1n) is 11.0. The zero-order valence-corrected chi connectivity index (χ0v) is 18.8. The smallest absolute Gasteiger partial charge is 0.329 e. The number of nitrogens with one attached hydrogen (secondary N) is 1. The Bertz CT molecular complexity index is 1500. The van der Waals surface area contributed by atoms with Crippen LogP contribution in [0.25, 0.3) is 33.2 Å². The van der Waals surface area contributed by atoms with Crippen LogP contribution in [0.3, 0.4) is 0 Å². The van der Waals surface area contributed by atoms with Crippen LogP contribution >= 0.6 is 0 Å². The number of hydrogen-bond donors (Lipinski definition) is 1. The van der Waals surface area contributed by atoms with Crippen LogP contribution in [0.4, 0.5) is 0 Å². The minimum atomic E-state index is -0.510. The second-order valence-electron chi connectivity index (χ2n) is 8.28. The molecule has 0 aliphatic carbocycles. The van der Waals surface area contributed by atoms with Gasteiger partial charge in [-0.3, -0.25) is 24.1 Å². The van der Waals surface area contributed by atoms with Crippen molar-refractivity contribution in [3.05, 3.63) is 57.4 Å². The summed E-state index contributed by atoms with van der Waals surface area (Å²) in [4.78, 5) is 59.7. The number of amides is 1. The third kappa shape index (κ3) is 3.83. The van der Waals surface area contributed by atoms with Crippen molar-refractivity contribution in [1.82, 2.24) is 34.4 Å². The highest BCUT2D eigenvalue weighted by Gasteiger charge is 2.27. The van der Waals surface area contributed by atoms with Crippen LogP contribution in [0.2, 0.25) is 0 Å². The lowest BCUT2D eigenvalue weighted by Gasteiger charge is -2.33. The Kier molecular flexibility index (Phi) is 5.62. The lowest BCUT2D eigenvalue weighted by molar-refractivity contribution is -0.136. The van der Waals surface area contributed by atoms with E-state index in [1.165, 1.54) is 13.3 Å². The summed E-state index contributed by atoms with van der Waals surface area (Å²) in [7, 11) is 1.49. The third-order valence-electron chi connectivity index (χ3n) is 6.14. The van der Waals surface area contributed by atoms with Crippen molar-refractivity contribution >= 4 is 27.8 Å². The second-order valence-corrected chi connectivity index (χ2v) is 8.28. The first-order valence-corrected chi connectivity index (χ1v) is 11.0. The standard InChI is InChI=1S/C23H23N7O4/c1-13-24-9-14(10-25-13)17-3-4-18-20(27-17)21-16(11-26-18)22(32)28-23(33)30(21)15-5-7-29(8-6-15)19(31)12-34-2/h3-4,9-11,15H,5-8,12H2,1-2H3,(H,28,32,33). The summed E-state index contributed by atoms with van der Waals surface area (Å²) < 4.78 is 6.55. The van der Waals surface area contributed by atoms with E-state index in [1.54, 1.807) is 34.9 Å². The molecule has 1 aliphatic rings. The molecule has 174 valence electrons. The summed E-state index contributed by atoms with van der Waals surface area (Å²) in [6.07, 6.45) is 5.96. The van der Waals surface area contributed by atoms with Crippen LogP contribution in [-0.2, 0) is 9.53 Å². The SMILES string of the molecule is COCC(=O)N1CCC(n2c(=O)[nH]c(=O)c3cnc4ccc(-c5cnc(C)nc5)nc4c32)CC1. The van der Waals surface area contributed by atoms with Crippen molar-refractivity contribution < 1.29 is 9.53 Å². The number of likely N-dealkylation sites (tertiary alicyclic amines) is 1. The molecule has 1 amide bonds. The summed E-state index contributed by atoms with van der Waals surface area (Å²) in [6.45, 7) is 2.80. The summed E-state index contributed by atoms with van der Waals surface area (Å²) in [5.41, 5.74) is 1.78. The average Bonchev–Trinajstić information content (AvgIpc) is 2.84. The number of aryl methyl sites for hydroxylation is 1. The van der Waals surface area contributed by atoms with Gasteiger partial charge in [-0.25, -0.2) is 19.7 Å². The third-order valence-corrected chi connectivity index (χ3v) is 6.14. The van der Waals surface area contributed by atoms with Gasteiger partial charge >= 0.3 is 5.69 Å². The number of ether oxygens (including phenoxy) is 1. The van der Waals surface area contributed by atoms with Crippen molar-refractivity contribution in [2.24, 2.45) is 0 Å². The monoisotopic (exact) mass is 461 g/mol. The summed E-state index contributed by atoms with van der Waals surface area (Å²) in [5, 5.41) is 0.287. The Labute approximate surface area is 193 Å². The van der Waals surface area contributed by atoms with Gasteiger partial charge in [-0.1, -0.05) is 0 Å². The maximum absolute atomic E-state index is 13.0. The Hall–Kier alpha value is -3.99. The number of piperidine rings is 1. The largest absolute Gasteiger partial charge is 0.375 e. The predicted molar refractivity (Wildman–Crippen MR) is 124 cm³/mol. The molecule has 1 fully saturated rings. The van der Waals surface area contributed by atoms with Crippen LogP contribution in [0.1, 0.15) is 24.7 Å². The van der Waals surface area contributed by atoms with Crippen molar-refractivity contribution in [3.63, 3.8) is 0 Å². The van der Waals surface area contributed by atoms with E-state index in [2.05, 4.69) is 19.9 Å². The van der Waals surface area contributed by atoms with E-state index < -0.39 is 11.2 Å². The van der Waals surface area contributed by atoms with Crippen LogP contribution < -0.4 is 11.2 Å². The molecule has 0 aromatic carbocycles. The first-order chi connectivity index (χ1) is 16.5. The van der Waals surface area contributed by atoms with E-state index >= 15 is 0 Å². The highest BCUT2D eigenvalue weighted by molar-refractivity contribution is 6.01. The number of methoxy groups -OCH3 is 1. The summed E-state index contributed by atoms with van der Waals surface area (Å²) in [6, 6.07) is 3.40. The number of fused-ring (bicyclic) bond motifs is 3. The molecule has 0 saturated carbocycles. The number of aromatic nitrogens is 6. The van der Waals surface area contributed by atoms with Gasteiger partial charge in [0.15, 0.2) is 0 Å². The highest BCUT2D eigenvalue weighted by Crippen LogP contribution is 2.28. The van der Waals surface area contributed by atoms with Crippen molar-refractivity contribution in [2.75, 3.05) is 26.8 Å². The quantitative estimate of drug-likeness (QED) is 0.448. The number of hydrogen-bond acceptors (Lipinski definition) is 8. The van der Waals surface area contributed by atoms with E-state index in [1.807, 2.05) is 6.07 Å². The van der Waals surface area contributed by atoms with Gasteiger partial charge in [0.05, 0.1) is 22.1 Å². The number of nitrogens with zero attached hydrogens (tertiary/aromatic N) is 6. The molecule has 11 heteroatoms. The minimum absolute atomic E-state index is 0.0257. The maximum Gasteiger partial charge on any atom is 0.329 e. The predicted octanol–water partition coefficient (Wildman–Crippen LogP) is 1.21. The molecule has 1 aliphatic heterocycles. The molecule has 5 heterocycles. The highest BCUT2D eigenvalue weighted by atomic mass is 16.5. The van der Waals surface area contributed by atoms with E-state index in [0.29, 0.717) is 59.6 Å². The van der Waals surface area contributed by atoms with Crippen LogP contribution in [0, 0.1) is 6.92 Å². The molecule has 0 atom stereocenters. The zero-order valence-electron chi connectivity index (χ0n) is 18.8. The van der Waals surface area contributed by atoms with Gasteiger partial charge < -0.3 is 9.64 Å². The molecule has 1 saturated heterocycles. The molecule has 34 heavy (non-hydrogen) atoms. The molecule has 0 radical (unpaired) electrons. The van der Waals surface area contributed by atoms with Gasteiger partial charge in [-0.15, -0.1) is 0 Å². The molecule has 0 bridgehead atoms. The van der Waals surface area contributed by atoms with Gasteiger partial charge in [0, 0.05) is 50.4 Å². The molecule has 1 N–H and O–H groups in total. The van der Waals surface area contributed by atoms with E-state index in [9.17, 15) is 14.4 Å². The lowest BCUT2D eigenvalue weighted by Crippen LogP contribution is -2.43. The zero-order chi connectivity index (χ0) is 23.8. The average molecular weight is 461 g/mol. The van der Waals surface area contributed by atoms with E-state index in [4.69, 9.17) is 9.72 Å². The van der Waals surface area contributed by atoms with E-state index in [0.717, 1.165) is 0 Å². The number of H-pyrrole nitrogens is 1. The molecule has 11 nitrogen and oxygen atoms in total. The van der Waals surface area contributed by atoms with E-state index in [-0.39, 0.29) is 23.9 Å². The number of rotatable bonds is 4. The van der Waals surface area contributed by atoms with Gasteiger partial charge in [-0.2, -0.15) is 0 Å². The summed E-state index contributed by atoms with van der Waals surface area (Å²) in [5.74, 6) is 0.563. The fraction of sp³-hybridized carbons (Fsp3) is 0.348. The topological polar surface area (TPSA) is 136 Å². The maximum atomic E-state index is 13.0. The fourth-order valence-electron chi connectivity index (χ4n) is 4.41. The van der Waals surface area contributed by atoms with Crippen molar-refractivity contribution in [1.29, 1.82) is 0 Å². The molecular formula is C23H23N7O4. The van der Waals surface area contributed by atoms with Crippen LogP contribution in [0.15, 0.2) is 40.3 Å². The Balaban J connectivity index is 1.65. The van der Waals surface area contributed by atoms with Gasteiger partial charge in [0.1, 0.15) is 17.9 Å². The van der Waals surface area contributed by atoms with Crippen molar-refractivity contribution in [2.45, 2.75) is 25.8 Å². The molecule has 5 rings (SSSR count). The fourth-order valence-corrected chi connectivity index (χ4v) is 4.41. The molecule has 4 aromatic rings. The molecule has 0 spiro atoms. The van der Waals surface area contributed by atoms with Gasteiger partial charge in [-0.05, 0) is 31.9 Å².